The Morgan fingerprint density at radius 3 is 2.75 bits per heavy atom. The first-order valence-electron chi connectivity index (χ1n) is 4.88. The topological polar surface area (TPSA) is 40.5 Å². The largest absolute Gasteiger partial charge is 0.396 e. The Morgan fingerprint density at radius 1 is 1.44 bits per heavy atom. The highest BCUT2D eigenvalue weighted by atomic mass is 19.1. The number of hydrogen-bond acceptors (Lipinski definition) is 2. The zero-order valence-corrected chi connectivity index (χ0v) is 8.91. The molecular formula is C11H13F2NO2. The zero-order chi connectivity index (χ0) is 12.1. The summed E-state index contributed by atoms with van der Waals surface area (Å²) in [5, 5.41) is 8.56. The molecule has 0 aliphatic rings. The number of anilines is 1. The minimum Gasteiger partial charge on any atom is -0.396 e. The number of aliphatic hydroxyl groups is 1. The molecule has 0 bridgehead atoms. The molecule has 5 heteroatoms. The molecule has 88 valence electrons. The van der Waals surface area contributed by atoms with E-state index in [0.29, 0.717) is 6.42 Å². The monoisotopic (exact) mass is 229 g/mol. The molecule has 0 saturated heterocycles. The highest BCUT2D eigenvalue weighted by Crippen LogP contribution is 2.20. The van der Waals surface area contributed by atoms with Gasteiger partial charge in [0, 0.05) is 26.1 Å². The van der Waals surface area contributed by atoms with Crippen LogP contribution in [0.2, 0.25) is 0 Å². The van der Waals surface area contributed by atoms with Crippen molar-refractivity contribution in [1.82, 2.24) is 0 Å². The quantitative estimate of drug-likeness (QED) is 0.853. The molecule has 1 aromatic rings. The van der Waals surface area contributed by atoms with Gasteiger partial charge in [0.25, 0.3) is 0 Å². The summed E-state index contributed by atoms with van der Waals surface area (Å²) in [6, 6.07) is 2.93. The average molecular weight is 229 g/mol. The van der Waals surface area contributed by atoms with Crippen LogP contribution in [0.5, 0.6) is 0 Å². The van der Waals surface area contributed by atoms with Crippen LogP contribution in [0.25, 0.3) is 0 Å². The van der Waals surface area contributed by atoms with Crippen molar-refractivity contribution < 1.29 is 18.7 Å². The van der Waals surface area contributed by atoms with Gasteiger partial charge in [-0.05, 0) is 18.6 Å². The van der Waals surface area contributed by atoms with Crippen LogP contribution >= 0.6 is 0 Å². The van der Waals surface area contributed by atoms with Gasteiger partial charge in [-0.2, -0.15) is 0 Å². The second kappa shape index (κ2) is 5.55. The van der Waals surface area contributed by atoms with Gasteiger partial charge < -0.3 is 10.0 Å². The third-order valence-corrected chi connectivity index (χ3v) is 2.19. The van der Waals surface area contributed by atoms with Crippen LogP contribution < -0.4 is 4.90 Å². The first-order valence-corrected chi connectivity index (χ1v) is 4.88. The highest BCUT2D eigenvalue weighted by Gasteiger charge is 2.14. The van der Waals surface area contributed by atoms with Gasteiger partial charge in [-0.15, -0.1) is 0 Å². The van der Waals surface area contributed by atoms with Crippen molar-refractivity contribution in [2.45, 2.75) is 12.8 Å². The van der Waals surface area contributed by atoms with E-state index in [0.717, 1.165) is 23.1 Å². The van der Waals surface area contributed by atoms with Gasteiger partial charge >= 0.3 is 0 Å². The minimum absolute atomic E-state index is 0.0945. The molecule has 16 heavy (non-hydrogen) atoms. The molecule has 0 aliphatic heterocycles. The van der Waals surface area contributed by atoms with Gasteiger partial charge in [0.15, 0.2) is 0 Å². The second-order valence-corrected chi connectivity index (χ2v) is 3.38. The lowest BCUT2D eigenvalue weighted by atomic mass is 10.2. The lowest BCUT2D eigenvalue weighted by Crippen LogP contribution is -2.27. The number of carbonyl (C=O) groups excluding carboxylic acids is 1. The summed E-state index contributed by atoms with van der Waals surface area (Å²) in [5.41, 5.74) is -0.0945. The van der Waals surface area contributed by atoms with E-state index in [-0.39, 0.29) is 24.6 Å². The number of halogens is 2. The molecule has 0 saturated carbocycles. The van der Waals surface area contributed by atoms with E-state index in [1.807, 2.05) is 0 Å². The predicted molar refractivity (Wildman–Crippen MR) is 56.1 cm³/mol. The summed E-state index contributed by atoms with van der Waals surface area (Å²) in [5.74, 6) is -1.61. The summed E-state index contributed by atoms with van der Waals surface area (Å²) in [7, 11) is 1.37. The van der Waals surface area contributed by atoms with Crippen LogP contribution in [0, 0.1) is 11.6 Å². The molecule has 0 radical (unpaired) electrons. The Hall–Kier alpha value is -1.49. The molecule has 0 fully saturated rings. The zero-order valence-electron chi connectivity index (χ0n) is 8.91. The van der Waals surface area contributed by atoms with Crippen LogP contribution in [-0.4, -0.2) is 24.7 Å². The van der Waals surface area contributed by atoms with Gasteiger partial charge in [0.2, 0.25) is 5.91 Å². The molecule has 1 aromatic carbocycles. The Balaban J connectivity index is 2.82. The summed E-state index contributed by atoms with van der Waals surface area (Å²) in [4.78, 5) is 12.5. The number of nitrogens with zero attached hydrogens (tertiary/aromatic N) is 1. The van der Waals surface area contributed by atoms with Crippen LogP contribution in [0.1, 0.15) is 12.8 Å². The van der Waals surface area contributed by atoms with Gasteiger partial charge in [0.05, 0.1) is 5.69 Å². The molecular weight excluding hydrogens is 216 g/mol. The molecule has 0 aliphatic carbocycles. The molecule has 1 N–H and O–H groups in total. The first kappa shape index (κ1) is 12.6. The number of aliphatic hydroxyl groups excluding tert-OH is 1. The van der Waals surface area contributed by atoms with Gasteiger partial charge in [0.1, 0.15) is 11.6 Å². The van der Waals surface area contributed by atoms with Crippen LogP contribution in [0.4, 0.5) is 14.5 Å². The third kappa shape index (κ3) is 3.00. The van der Waals surface area contributed by atoms with E-state index in [1.54, 1.807) is 0 Å². The molecule has 1 amide bonds. The standard InChI is InChI=1S/C11H13F2NO2/c1-14(11(16)3-2-6-15)10-7-8(12)4-5-9(10)13/h4-5,7,15H,2-3,6H2,1H3. The number of benzene rings is 1. The Bertz CT molecular complexity index is 382. The average Bonchev–Trinajstić information content (AvgIpc) is 2.28. The summed E-state index contributed by atoms with van der Waals surface area (Å²) >= 11 is 0. The first-order chi connectivity index (χ1) is 7.56. The van der Waals surface area contributed by atoms with Gasteiger partial charge in [-0.1, -0.05) is 0 Å². The molecule has 0 unspecified atom stereocenters. The Labute approximate surface area is 92.3 Å². The van der Waals surface area contributed by atoms with Crippen molar-refractivity contribution >= 4 is 11.6 Å². The fourth-order valence-electron chi connectivity index (χ4n) is 1.28. The SMILES string of the molecule is CN(C(=O)CCCO)c1cc(F)ccc1F. The summed E-state index contributed by atoms with van der Waals surface area (Å²) in [6.45, 7) is -0.106. The minimum atomic E-state index is -0.652. The van der Waals surface area contributed by atoms with E-state index in [1.165, 1.54) is 7.05 Å². The number of rotatable bonds is 4. The van der Waals surface area contributed by atoms with Crippen molar-refractivity contribution in [3.05, 3.63) is 29.8 Å². The molecule has 0 aromatic heterocycles. The number of carbonyl (C=O) groups is 1. The van der Waals surface area contributed by atoms with Gasteiger partial charge in [-0.25, -0.2) is 8.78 Å². The van der Waals surface area contributed by atoms with Crippen molar-refractivity contribution in [2.75, 3.05) is 18.6 Å². The van der Waals surface area contributed by atoms with Gasteiger partial charge in [-0.3, -0.25) is 4.79 Å². The fraction of sp³-hybridized carbons (Fsp3) is 0.364. The number of amides is 1. The van der Waals surface area contributed by atoms with E-state index >= 15 is 0 Å². The van der Waals surface area contributed by atoms with E-state index < -0.39 is 11.6 Å². The summed E-state index contributed by atoms with van der Waals surface area (Å²) < 4.78 is 26.2. The normalized spacial score (nSPS) is 10.2. The maximum Gasteiger partial charge on any atom is 0.226 e. The van der Waals surface area contributed by atoms with Crippen molar-refractivity contribution in [3.8, 4) is 0 Å². The van der Waals surface area contributed by atoms with E-state index in [4.69, 9.17) is 5.11 Å². The Kier molecular flexibility index (Phi) is 4.37. The summed E-state index contributed by atoms with van der Waals surface area (Å²) in [6.07, 6.45) is 0.406. The maximum absolute atomic E-state index is 13.3. The lowest BCUT2D eigenvalue weighted by molar-refractivity contribution is -0.118. The fourth-order valence-corrected chi connectivity index (χ4v) is 1.28. The van der Waals surface area contributed by atoms with E-state index in [9.17, 15) is 13.6 Å². The molecule has 3 nitrogen and oxygen atoms in total. The smallest absolute Gasteiger partial charge is 0.226 e. The van der Waals surface area contributed by atoms with E-state index in [2.05, 4.69) is 0 Å². The number of hydrogen-bond donors (Lipinski definition) is 1. The molecule has 0 spiro atoms. The lowest BCUT2D eigenvalue weighted by Gasteiger charge is -2.17. The van der Waals surface area contributed by atoms with Crippen LogP contribution in [0.15, 0.2) is 18.2 Å². The van der Waals surface area contributed by atoms with Crippen molar-refractivity contribution in [2.24, 2.45) is 0 Å². The molecule has 0 atom stereocenters. The Morgan fingerprint density at radius 2 is 2.12 bits per heavy atom. The third-order valence-electron chi connectivity index (χ3n) is 2.19. The van der Waals surface area contributed by atoms with Crippen molar-refractivity contribution in [3.63, 3.8) is 0 Å². The molecule has 0 heterocycles. The highest BCUT2D eigenvalue weighted by molar-refractivity contribution is 5.92. The second-order valence-electron chi connectivity index (χ2n) is 3.38. The van der Waals surface area contributed by atoms with Crippen LogP contribution in [-0.2, 0) is 4.79 Å². The predicted octanol–water partition coefficient (Wildman–Crippen LogP) is 1.70. The van der Waals surface area contributed by atoms with Crippen molar-refractivity contribution in [1.29, 1.82) is 0 Å². The maximum atomic E-state index is 13.3. The van der Waals surface area contributed by atoms with Crippen LogP contribution in [0.3, 0.4) is 0 Å². The molecule has 1 rings (SSSR count).